The molecule has 0 bridgehead atoms. The van der Waals surface area contributed by atoms with Crippen molar-refractivity contribution in [2.75, 3.05) is 5.75 Å². The topological polar surface area (TPSA) is 113 Å². The van der Waals surface area contributed by atoms with Crippen LogP contribution >= 0.6 is 11.8 Å². The van der Waals surface area contributed by atoms with Crippen molar-refractivity contribution in [3.05, 3.63) is 0 Å². The fourth-order valence-electron chi connectivity index (χ4n) is 0.590. The van der Waals surface area contributed by atoms with Crippen molar-refractivity contribution in [3.63, 3.8) is 0 Å². The molecule has 8 heteroatoms. The Kier molecular flexibility index (Phi) is 3.20. The quantitative estimate of drug-likeness (QED) is 0.552. The molecule has 0 aliphatic carbocycles. The Bertz CT molecular complexity index is 299. The molecule has 0 saturated carbocycles. The fourth-order valence-corrected chi connectivity index (χ4v) is 1.40. The van der Waals surface area contributed by atoms with E-state index in [4.69, 9.17) is 11.5 Å². The van der Waals surface area contributed by atoms with Gasteiger partial charge in [-0.15, -0.1) is 5.10 Å². The third-order valence-corrected chi connectivity index (χ3v) is 2.47. The number of carbonyl (C=O) groups excluding carboxylic acids is 1. The van der Waals surface area contributed by atoms with E-state index in [1.807, 2.05) is 0 Å². The summed E-state index contributed by atoms with van der Waals surface area (Å²) in [7, 11) is 1.71. The van der Waals surface area contributed by atoms with Gasteiger partial charge in [-0.25, -0.2) is 4.68 Å². The molecular weight excluding hydrogens is 192 g/mol. The lowest BCUT2D eigenvalue weighted by atomic mass is 10.3. The SMILES string of the molecule is Cn1nnnc1SCC(N)C(N)=O. The Morgan fingerprint density at radius 1 is 1.77 bits per heavy atom. The molecule has 1 rings (SSSR count). The molecular formula is C5H10N6OS. The highest BCUT2D eigenvalue weighted by molar-refractivity contribution is 7.99. The molecule has 0 aliphatic rings. The highest BCUT2D eigenvalue weighted by atomic mass is 32.2. The third kappa shape index (κ3) is 2.67. The van der Waals surface area contributed by atoms with Gasteiger partial charge in [0.2, 0.25) is 11.1 Å². The Morgan fingerprint density at radius 2 is 2.46 bits per heavy atom. The van der Waals surface area contributed by atoms with Gasteiger partial charge in [0.25, 0.3) is 0 Å². The maximum absolute atomic E-state index is 10.6. The Morgan fingerprint density at radius 3 is 2.92 bits per heavy atom. The monoisotopic (exact) mass is 202 g/mol. The number of aromatic nitrogens is 4. The van der Waals surface area contributed by atoms with Gasteiger partial charge in [0, 0.05) is 12.8 Å². The van der Waals surface area contributed by atoms with E-state index in [9.17, 15) is 4.79 Å². The van der Waals surface area contributed by atoms with Crippen LogP contribution < -0.4 is 11.5 Å². The first kappa shape index (κ1) is 9.93. The summed E-state index contributed by atoms with van der Waals surface area (Å²) in [5.74, 6) is -0.147. The summed E-state index contributed by atoms with van der Waals surface area (Å²) in [6, 6.07) is -0.665. The van der Waals surface area contributed by atoms with Gasteiger partial charge in [-0.3, -0.25) is 4.79 Å². The minimum absolute atomic E-state index is 0.379. The summed E-state index contributed by atoms with van der Waals surface area (Å²) in [5.41, 5.74) is 10.4. The number of thioether (sulfide) groups is 1. The Balaban J connectivity index is 2.44. The molecule has 1 amide bonds. The normalized spacial score (nSPS) is 12.8. The van der Waals surface area contributed by atoms with Gasteiger partial charge in [0.05, 0.1) is 6.04 Å². The van der Waals surface area contributed by atoms with Crippen molar-refractivity contribution in [3.8, 4) is 0 Å². The number of hydrogen-bond donors (Lipinski definition) is 2. The number of aryl methyl sites for hydroxylation is 1. The lowest BCUT2D eigenvalue weighted by Gasteiger charge is -2.04. The summed E-state index contributed by atoms with van der Waals surface area (Å²) in [5, 5.41) is 11.4. The molecule has 13 heavy (non-hydrogen) atoms. The van der Waals surface area contributed by atoms with E-state index in [2.05, 4.69) is 15.5 Å². The molecule has 0 aromatic carbocycles. The summed E-state index contributed by atoms with van der Waals surface area (Å²) in [6.45, 7) is 0. The lowest BCUT2D eigenvalue weighted by Crippen LogP contribution is -2.38. The average molecular weight is 202 g/mol. The van der Waals surface area contributed by atoms with Crippen LogP contribution in [0.2, 0.25) is 0 Å². The van der Waals surface area contributed by atoms with Crippen LogP contribution in [0.3, 0.4) is 0 Å². The molecule has 0 radical (unpaired) electrons. The van der Waals surface area contributed by atoms with Crippen LogP contribution in [0.15, 0.2) is 5.16 Å². The van der Waals surface area contributed by atoms with Crippen LogP contribution in [0.25, 0.3) is 0 Å². The van der Waals surface area contributed by atoms with E-state index < -0.39 is 11.9 Å². The Labute approximate surface area is 78.8 Å². The van der Waals surface area contributed by atoms with E-state index in [0.717, 1.165) is 0 Å². The van der Waals surface area contributed by atoms with Gasteiger partial charge in [-0.1, -0.05) is 11.8 Å². The van der Waals surface area contributed by atoms with Crippen molar-refractivity contribution in [2.45, 2.75) is 11.2 Å². The number of carbonyl (C=O) groups is 1. The summed E-state index contributed by atoms with van der Waals surface area (Å²) < 4.78 is 1.50. The molecule has 0 saturated heterocycles. The molecule has 1 atom stereocenters. The van der Waals surface area contributed by atoms with Crippen molar-refractivity contribution in [1.82, 2.24) is 20.2 Å². The average Bonchev–Trinajstić information content (AvgIpc) is 2.47. The highest BCUT2D eigenvalue weighted by Crippen LogP contribution is 2.12. The van der Waals surface area contributed by atoms with Crippen LogP contribution in [0.4, 0.5) is 0 Å². The summed E-state index contributed by atoms with van der Waals surface area (Å²) >= 11 is 1.29. The number of nitrogens with zero attached hydrogens (tertiary/aromatic N) is 4. The van der Waals surface area contributed by atoms with E-state index in [1.54, 1.807) is 7.05 Å². The Hall–Kier alpha value is -1.15. The maximum atomic E-state index is 10.6. The van der Waals surface area contributed by atoms with Crippen molar-refractivity contribution >= 4 is 17.7 Å². The molecule has 0 aliphatic heterocycles. The zero-order valence-corrected chi connectivity index (χ0v) is 7.86. The van der Waals surface area contributed by atoms with Crippen LogP contribution in [-0.2, 0) is 11.8 Å². The molecule has 4 N–H and O–H groups in total. The maximum Gasteiger partial charge on any atom is 0.235 e. The molecule has 1 heterocycles. The minimum atomic E-state index is -0.665. The molecule has 7 nitrogen and oxygen atoms in total. The van der Waals surface area contributed by atoms with Crippen LogP contribution in [0.1, 0.15) is 0 Å². The molecule has 0 spiro atoms. The van der Waals surface area contributed by atoms with Gasteiger partial charge in [0.15, 0.2) is 0 Å². The first-order valence-corrected chi connectivity index (χ1v) is 4.50. The van der Waals surface area contributed by atoms with Crippen LogP contribution in [-0.4, -0.2) is 37.9 Å². The standard InChI is InChI=1S/C5H10N6OS/c1-11-5(8-9-10-11)13-2-3(6)4(7)12/h3H,2,6H2,1H3,(H2,7,12). The smallest absolute Gasteiger partial charge is 0.235 e. The van der Waals surface area contributed by atoms with E-state index in [-0.39, 0.29) is 0 Å². The first-order valence-electron chi connectivity index (χ1n) is 3.51. The molecule has 72 valence electrons. The van der Waals surface area contributed by atoms with Crippen LogP contribution in [0.5, 0.6) is 0 Å². The van der Waals surface area contributed by atoms with Crippen molar-refractivity contribution < 1.29 is 4.79 Å². The zero-order valence-electron chi connectivity index (χ0n) is 7.04. The third-order valence-electron chi connectivity index (χ3n) is 1.34. The van der Waals surface area contributed by atoms with E-state index in [0.29, 0.717) is 10.9 Å². The second-order valence-electron chi connectivity index (χ2n) is 2.40. The van der Waals surface area contributed by atoms with Gasteiger partial charge >= 0.3 is 0 Å². The van der Waals surface area contributed by atoms with Crippen molar-refractivity contribution in [2.24, 2.45) is 18.5 Å². The van der Waals surface area contributed by atoms with Gasteiger partial charge in [-0.05, 0) is 10.4 Å². The van der Waals surface area contributed by atoms with E-state index >= 15 is 0 Å². The molecule has 1 unspecified atom stereocenters. The number of primary amides is 1. The van der Waals surface area contributed by atoms with Gasteiger partial charge in [0.1, 0.15) is 0 Å². The molecule has 0 fully saturated rings. The minimum Gasteiger partial charge on any atom is -0.368 e. The number of rotatable bonds is 4. The predicted octanol–water partition coefficient (Wildman–Crippen LogP) is -1.89. The van der Waals surface area contributed by atoms with Gasteiger partial charge < -0.3 is 11.5 Å². The zero-order chi connectivity index (χ0) is 9.84. The summed E-state index contributed by atoms with van der Waals surface area (Å²) in [4.78, 5) is 10.6. The lowest BCUT2D eigenvalue weighted by molar-refractivity contribution is -0.118. The van der Waals surface area contributed by atoms with E-state index in [1.165, 1.54) is 16.4 Å². The molecule has 1 aromatic rings. The number of hydrogen-bond acceptors (Lipinski definition) is 6. The number of amides is 1. The van der Waals surface area contributed by atoms with Crippen molar-refractivity contribution in [1.29, 1.82) is 0 Å². The highest BCUT2D eigenvalue weighted by Gasteiger charge is 2.11. The fraction of sp³-hybridized carbons (Fsp3) is 0.600. The second-order valence-corrected chi connectivity index (χ2v) is 3.39. The first-order chi connectivity index (χ1) is 6.11. The number of tetrazole rings is 1. The summed E-state index contributed by atoms with van der Waals surface area (Å²) in [6.07, 6.45) is 0. The predicted molar refractivity (Wildman–Crippen MR) is 46.7 cm³/mol. The molecule has 1 aromatic heterocycles. The van der Waals surface area contributed by atoms with Gasteiger partial charge in [-0.2, -0.15) is 0 Å². The van der Waals surface area contributed by atoms with Crippen LogP contribution in [0, 0.1) is 0 Å². The number of nitrogens with two attached hydrogens (primary N) is 2. The second kappa shape index (κ2) is 4.19. The largest absolute Gasteiger partial charge is 0.368 e.